The first-order valence-corrected chi connectivity index (χ1v) is 24.4. The number of methoxy groups -OCH3 is 3. The molecule has 1 aliphatic heterocycles. The zero-order valence-electron chi connectivity index (χ0n) is 41.2. The van der Waals surface area contributed by atoms with Crippen molar-refractivity contribution in [1.29, 1.82) is 0 Å². The van der Waals surface area contributed by atoms with Gasteiger partial charge in [0.25, 0.3) is 5.91 Å². The van der Waals surface area contributed by atoms with Crippen molar-refractivity contribution in [2.45, 2.75) is 173 Å². The summed E-state index contributed by atoms with van der Waals surface area (Å²) in [4.78, 5) is 75.1. The van der Waals surface area contributed by atoms with E-state index in [9.17, 15) is 44.1 Å². The van der Waals surface area contributed by atoms with E-state index in [1.54, 1.807) is 20.8 Å². The predicted octanol–water partition coefficient (Wildman–Crippen LogP) is 6.28. The van der Waals surface area contributed by atoms with Crippen LogP contribution in [0.25, 0.3) is 0 Å². The van der Waals surface area contributed by atoms with Gasteiger partial charge in [-0.3, -0.25) is 28.8 Å². The van der Waals surface area contributed by atoms with Crippen molar-refractivity contribution in [1.82, 2.24) is 10.6 Å². The monoisotopic (exact) mass is 990 g/mol. The Morgan fingerprint density at radius 1 is 0.783 bits per heavy atom. The Balaban J connectivity index is 1.26. The van der Waals surface area contributed by atoms with E-state index in [4.69, 9.17) is 40.0 Å². The SMILES string of the molecule is COC(=O)[C@H](CCCCCC(=O)CCCCCNC(=O)CCCCCCC(=O)Cc1cccc(COc2cc(OC)c(C(=O)N[C@H]3[C@@H](OC)O[C@H](CO)[C@@H](O)[C@@H]3O)cc2Cl)c1)CC(=O)OC(C)(C)C. The number of benzene rings is 2. The molecule has 0 unspecified atom stereocenters. The van der Waals surface area contributed by atoms with Crippen LogP contribution >= 0.6 is 11.6 Å². The number of Topliss-reactive ketones (excluding diaryl/α,β-unsaturated/α-hetero) is 2. The van der Waals surface area contributed by atoms with E-state index in [2.05, 4.69) is 10.6 Å². The lowest BCUT2D eigenvalue weighted by Crippen LogP contribution is -2.64. The average molecular weight is 992 g/mol. The molecule has 5 N–H and O–H groups in total. The van der Waals surface area contributed by atoms with E-state index < -0.39 is 66.6 Å². The summed E-state index contributed by atoms with van der Waals surface area (Å²) in [7, 11) is 3.98. The molecule has 17 nitrogen and oxygen atoms in total. The number of ether oxygens (including phenoxy) is 6. The number of unbranched alkanes of at least 4 members (excludes halogenated alkanes) is 7. The quantitative estimate of drug-likeness (QED) is 0.0400. The van der Waals surface area contributed by atoms with Gasteiger partial charge in [0.05, 0.1) is 43.8 Å². The second kappa shape index (κ2) is 30.8. The number of hydrogen-bond acceptors (Lipinski definition) is 15. The van der Waals surface area contributed by atoms with Crippen LogP contribution in [0.15, 0.2) is 36.4 Å². The summed E-state index contributed by atoms with van der Waals surface area (Å²) < 4.78 is 32.3. The zero-order valence-corrected chi connectivity index (χ0v) is 41.9. The number of aliphatic hydroxyl groups is 3. The van der Waals surface area contributed by atoms with Gasteiger partial charge in [-0.15, -0.1) is 0 Å². The molecule has 0 bridgehead atoms. The number of rotatable bonds is 32. The number of ketones is 2. The standard InChI is InChI=1S/C51H75ClN2O15/c1-51(2,3)69-44(59)28-35(49(63)65-5)20-11-9-13-21-36(56)22-14-10-16-25-53-43(58)24-15-8-7-12-23-37(57)27-33-18-17-19-34(26-33)32-67-41-30-40(64-4)38(29-39(41)52)48(62)54-45-47(61)46(60)42(31-55)68-50(45)66-6/h17-19,26,29-30,35,42,45-47,50,55,60-61H,7-16,20-25,27-28,31-32H2,1-6H3,(H,53,58)(H,54,62)/t35-,42-,45-,46-,47-,50+/m1/s1. The maximum absolute atomic E-state index is 13.3. The van der Waals surface area contributed by atoms with Crippen molar-refractivity contribution < 1.29 is 72.5 Å². The minimum atomic E-state index is -1.50. The fourth-order valence-corrected chi connectivity index (χ4v) is 8.15. The fourth-order valence-electron chi connectivity index (χ4n) is 7.94. The largest absolute Gasteiger partial charge is 0.496 e. The third-order valence-electron chi connectivity index (χ3n) is 11.6. The van der Waals surface area contributed by atoms with Crippen LogP contribution in [0.3, 0.4) is 0 Å². The molecule has 0 aliphatic carbocycles. The summed E-state index contributed by atoms with van der Waals surface area (Å²) in [6.07, 6.45) is 5.13. The second-order valence-electron chi connectivity index (χ2n) is 18.5. The van der Waals surface area contributed by atoms with Crippen LogP contribution in [0.2, 0.25) is 5.02 Å². The molecule has 2 aromatic carbocycles. The van der Waals surface area contributed by atoms with Crippen molar-refractivity contribution in [3.63, 3.8) is 0 Å². The molecule has 18 heteroatoms. The van der Waals surface area contributed by atoms with Crippen LogP contribution in [-0.2, 0) is 55.9 Å². The first-order chi connectivity index (χ1) is 32.9. The van der Waals surface area contributed by atoms with Crippen LogP contribution in [-0.4, -0.2) is 121 Å². The molecule has 2 aromatic rings. The molecule has 1 fully saturated rings. The highest BCUT2D eigenvalue weighted by molar-refractivity contribution is 6.32. The van der Waals surface area contributed by atoms with Crippen LogP contribution in [0.1, 0.15) is 145 Å². The number of halogens is 1. The summed E-state index contributed by atoms with van der Waals surface area (Å²) in [5, 5.41) is 36.1. The molecule has 1 heterocycles. The average Bonchev–Trinajstić information content (AvgIpc) is 3.30. The summed E-state index contributed by atoms with van der Waals surface area (Å²) in [6, 6.07) is 9.11. The third kappa shape index (κ3) is 21.5. The van der Waals surface area contributed by atoms with Crippen molar-refractivity contribution in [2.24, 2.45) is 5.92 Å². The van der Waals surface area contributed by atoms with Crippen LogP contribution in [0.4, 0.5) is 0 Å². The minimum Gasteiger partial charge on any atom is -0.496 e. The Bertz CT molecular complexity index is 1950. The van der Waals surface area contributed by atoms with Gasteiger partial charge in [0.2, 0.25) is 5.91 Å². The smallest absolute Gasteiger partial charge is 0.309 e. The highest BCUT2D eigenvalue weighted by atomic mass is 35.5. The predicted molar refractivity (Wildman–Crippen MR) is 257 cm³/mol. The molecule has 1 saturated heterocycles. The molecule has 69 heavy (non-hydrogen) atoms. The van der Waals surface area contributed by atoms with E-state index in [0.717, 1.165) is 68.9 Å². The first-order valence-electron chi connectivity index (χ1n) is 24.0. The van der Waals surface area contributed by atoms with Crippen molar-refractivity contribution in [2.75, 3.05) is 34.5 Å². The Kier molecular flexibility index (Phi) is 26.2. The number of nitrogens with one attached hydrogen (secondary N) is 2. The molecule has 386 valence electrons. The Hall–Kier alpha value is -4.65. The third-order valence-corrected chi connectivity index (χ3v) is 11.9. The lowest BCUT2D eigenvalue weighted by Gasteiger charge is -2.41. The van der Waals surface area contributed by atoms with E-state index in [1.807, 2.05) is 24.3 Å². The molecule has 2 amide bonds. The lowest BCUT2D eigenvalue weighted by molar-refractivity contribution is -0.261. The van der Waals surface area contributed by atoms with Crippen LogP contribution in [0, 0.1) is 5.92 Å². The second-order valence-corrected chi connectivity index (χ2v) is 18.9. The van der Waals surface area contributed by atoms with Crippen LogP contribution < -0.4 is 20.1 Å². The van der Waals surface area contributed by atoms with E-state index in [-0.39, 0.29) is 59.0 Å². The van der Waals surface area contributed by atoms with E-state index >= 15 is 0 Å². The maximum atomic E-state index is 13.3. The number of amides is 2. The van der Waals surface area contributed by atoms with E-state index in [1.165, 1.54) is 33.5 Å². The molecule has 6 atom stereocenters. The number of esters is 2. The minimum absolute atomic E-state index is 0.00146. The van der Waals surface area contributed by atoms with Gasteiger partial charge in [-0.1, -0.05) is 68.0 Å². The Morgan fingerprint density at radius 3 is 2.06 bits per heavy atom. The van der Waals surface area contributed by atoms with Gasteiger partial charge >= 0.3 is 11.9 Å². The number of carbonyl (C=O) groups excluding carboxylic acids is 6. The number of hydrogen-bond donors (Lipinski definition) is 5. The molecular formula is C51H75ClN2O15. The summed E-state index contributed by atoms with van der Waals surface area (Å²) in [5.74, 6) is -1.42. The normalized spacial score (nSPS) is 18.4. The molecule has 0 radical (unpaired) electrons. The van der Waals surface area contributed by atoms with Gasteiger partial charge in [0.1, 0.15) is 59.6 Å². The Labute approximate surface area is 411 Å². The molecule has 1 aliphatic rings. The highest BCUT2D eigenvalue weighted by Gasteiger charge is 2.45. The molecular weight excluding hydrogens is 916 g/mol. The van der Waals surface area contributed by atoms with Gasteiger partial charge in [-0.2, -0.15) is 0 Å². The summed E-state index contributed by atoms with van der Waals surface area (Å²) >= 11 is 6.53. The Morgan fingerprint density at radius 2 is 1.42 bits per heavy atom. The summed E-state index contributed by atoms with van der Waals surface area (Å²) in [6.45, 7) is 5.46. The van der Waals surface area contributed by atoms with Gasteiger partial charge in [-0.25, -0.2) is 0 Å². The number of carbonyl (C=O) groups is 6. The lowest BCUT2D eigenvalue weighted by atomic mass is 9.96. The molecule has 0 aromatic heterocycles. The van der Waals surface area contributed by atoms with Crippen molar-refractivity contribution >= 4 is 46.9 Å². The van der Waals surface area contributed by atoms with Crippen molar-refractivity contribution in [3.05, 3.63) is 58.1 Å². The zero-order chi connectivity index (χ0) is 50.9. The molecule has 0 spiro atoms. The van der Waals surface area contributed by atoms with E-state index in [0.29, 0.717) is 45.1 Å². The van der Waals surface area contributed by atoms with Crippen LogP contribution in [0.5, 0.6) is 11.5 Å². The first kappa shape index (κ1) is 58.7. The van der Waals surface area contributed by atoms with Gasteiger partial charge in [0.15, 0.2) is 6.29 Å². The molecule has 0 saturated carbocycles. The van der Waals surface area contributed by atoms with Crippen molar-refractivity contribution in [3.8, 4) is 11.5 Å². The van der Waals surface area contributed by atoms with Gasteiger partial charge in [-0.05, 0) is 76.5 Å². The number of aliphatic hydroxyl groups excluding tert-OH is 3. The van der Waals surface area contributed by atoms with Gasteiger partial charge < -0.3 is 54.4 Å². The topological polar surface area (TPSA) is 243 Å². The van der Waals surface area contributed by atoms with Gasteiger partial charge in [0, 0.05) is 51.8 Å². The maximum Gasteiger partial charge on any atom is 0.309 e. The summed E-state index contributed by atoms with van der Waals surface area (Å²) in [5.41, 5.74) is 1.04. The highest BCUT2D eigenvalue weighted by Crippen LogP contribution is 2.34. The molecule has 3 rings (SSSR count). The fraction of sp³-hybridized carbons (Fsp3) is 0.647.